The van der Waals surface area contributed by atoms with Crippen LogP contribution in [-0.4, -0.2) is 37.6 Å². The molecule has 0 aromatic carbocycles. The Labute approximate surface area is 119 Å². The van der Waals surface area contributed by atoms with E-state index in [9.17, 15) is 4.79 Å². The fraction of sp³-hybridized carbons (Fsp3) is 0.333. The Kier molecular flexibility index (Phi) is 3.55. The van der Waals surface area contributed by atoms with Gasteiger partial charge in [-0.2, -0.15) is 0 Å². The zero-order valence-electron chi connectivity index (χ0n) is 10.7. The van der Waals surface area contributed by atoms with Crippen LogP contribution in [0.15, 0.2) is 29.7 Å². The number of rotatable bonds is 5. The maximum atomic E-state index is 11.6. The molecule has 0 spiro atoms. The van der Waals surface area contributed by atoms with Crippen molar-refractivity contribution < 1.29 is 4.79 Å². The van der Waals surface area contributed by atoms with Crippen LogP contribution in [0.5, 0.6) is 0 Å². The molecule has 1 saturated carbocycles. The lowest BCUT2D eigenvalue weighted by Crippen LogP contribution is -2.27. The maximum absolute atomic E-state index is 11.6. The molecule has 8 heteroatoms. The van der Waals surface area contributed by atoms with Gasteiger partial charge >= 0.3 is 0 Å². The zero-order chi connectivity index (χ0) is 13.9. The van der Waals surface area contributed by atoms with Crippen molar-refractivity contribution >= 4 is 17.7 Å². The van der Waals surface area contributed by atoms with Gasteiger partial charge in [-0.1, -0.05) is 11.8 Å². The Bertz CT molecular complexity index is 610. The van der Waals surface area contributed by atoms with Gasteiger partial charge in [0, 0.05) is 24.0 Å². The number of carbonyl (C=O) groups excluding carboxylic acids is 1. The van der Waals surface area contributed by atoms with Gasteiger partial charge in [0.1, 0.15) is 0 Å². The summed E-state index contributed by atoms with van der Waals surface area (Å²) in [6.07, 6.45) is 5.50. The van der Waals surface area contributed by atoms with Crippen LogP contribution >= 0.6 is 11.8 Å². The minimum Gasteiger partial charge on any atom is -0.353 e. The topological polar surface area (TPSA) is 98.7 Å². The molecule has 20 heavy (non-hydrogen) atoms. The molecule has 1 aliphatic carbocycles. The molecule has 0 bridgehead atoms. The number of carbonyl (C=O) groups is 1. The number of thioether (sulfide) groups is 1. The fourth-order valence-electron chi connectivity index (χ4n) is 1.69. The molecular weight excluding hydrogens is 276 g/mol. The van der Waals surface area contributed by atoms with Crippen molar-refractivity contribution in [1.82, 2.24) is 25.2 Å². The second-order valence-corrected chi connectivity index (χ2v) is 5.49. The predicted molar refractivity (Wildman–Crippen MR) is 75.3 cm³/mol. The lowest BCUT2D eigenvalue weighted by molar-refractivity contribution is -0.118. The van der Waals surface area contributed by atoms with Gasteiger partial charge in [0.2, 0.25) is 11.1 Å². The molecule has 2 heterocycles. The lowest BCUT2D eigenvalue weighted by Gasteiger charge is -2.04. The van der Waals surface area contributed by atoms with Crippen molar-refractivity contribution in [2.24, 2.45) is 0 Å². The Morgan fingerprint density at radius 3 is 3.05 bits per heavy atom. The van der Waals surface area contributed by atoms with E-state index in [1.807, 2.05) is 6.07 Å². The van der Waals surface area contributed by atoms with Crippen molar-refractivity contribution in [3.63, 3.8) is 0 Å². The second kappa shape index (κ2) is 5.49. The van der Waals surface area contributed by atoms with Gasteiger partial charge < -0.3 is 11.2 Å². The Morgan fingerprint density at radius 1 is 1.50 bits per heavy atom. The Hall–Kier alpha value is -2.09. The number of nitrogens with one attached hydrogen (secondary N) is 1. The lowest BCUT2D eigenvalue weighted by atomic mass is 10.3. The summed E-state index contributed by atoms with van der Waals surface area (Å²) >= 11 is 1.27. The highest BCUT2D eigenvalue weighted by atomic mass is 32.2. The molecule has 104 valence electrons. The van der Waals surface area contributed by atoms with E-state index >= 15 is 0 Å². The van der Waals surface area contributed by atoms with Crippen LogP contribution in [-0.2, 0) is 4.79 Å². The van der Waals surface area contributed by atoms with Crippen molar-refractivity contribution in [1.29, 1.82) is 0 Å². The summed E-state index contributed by atoms with van der Waals surface area (Å²) in [6, 6.07) is 4.03. The third-order valence-electron chi connectivity index (χ3n) is 2.86. The van der Waals surface area contributed by atoms with E-state index < -0.39 is 0 Å². The van der Waals surface area contributed by atoms with Crippen molar-refractivity contribution in [3.8, 4) is 11.4 Å². The number of hydrogen-bond donors (Lipinski definition) is 2. The summed E-state index contributed by atoms with van der Waals surface area (Å²) in [6.45, 7) is 0. The van der Waals surface area contributed by atoms with E-state index in [2.05, 4.69) is 20.5 Å². The molecule has 1 aliphatic rings. The van der Waals surface area contributed by atoms with Crippen molar-refractivity contribution in [3.05, 3.63) is 24.5 Å². The monoisotopic (exact) mass is 290 g/mol. The summed E-state index contributed by atoms with van der Waals surface area (Å²) in [5.41, 5.74) is 0.789. The summed E-state index contributed by atoms with van der Waals surface area (Å²) in [5.74, 6) is 6.77. The summed E-state index contributed by atoms with van der Waals surface area (Å²) in [4.78, 5) is 15.6. The van der Waals surface area contributed by atoms with E-state index in [0.29, 0.717) is 22.8 Å². The molecule has 0 saturated heterocycles. The standard InChI is InChI=1S/C12H14N6OS/c13-18-11(8-2-1-5-14-6-8)16-17-12(18)20-7-10(19)15-9-3-4-9/h1-2,5-6,9H,3-4,7,13H2,(H,15,19). The molecule has 3 N–H and O–H groups in total. The molecule has 2 aromatic rings. The SMILES string of the molecule is Nn1c(SCC(=O)NC2CC2)nnc1-c1cccnc1. The first kappa shape index (κ1) is 12.9. The van der Waals surface area contributed by atoms with Crippen molar-refractivity contribution in [2.45, 2.75) is 24.0 Å². The first-order chi connectivity index (χ1) is 9.74. The average Bonchev–Trinajstić information content (AvgIpc) is 3.19. The molecule has 7 nitrogen and oxygen atoms in total. The van der Waals surface area contributed by atoms with Gasteiger partial charge in [-0.15, -0.1) is 10.2 Å². The number of aromatic nitrogens is 4. The van der Waals surface area contributed by atoms with Crippen LogP contribution in [0.3, 0.4) is 0 Å². The number of nitrogens with zero attached hydrogens (tertiary/aromatic N) is 4. The average molecular weight is 290 g/mol. The second-order valence-electron chi connectivity index (χ2n) is 4.55. The highest BCUT2D eigenvalue weighted by Crippen LogP contribution is 2.22. The largest absolute Gasteiger partial charge is 0.353 e. The van der Waals surface area contributed by atoms with Crippen LogP contribution in [0, 0.1) is 0 Å². The van der Waals surface area contributed by atoms with E-state index in [0.717, 1.165) is 18.4 Å². The van der Waals surface area contributed by atoms with Gasteiger partial charge in [0.15, 0.2) is 5.82 Å². The highest BCUT2D eigenvalue weighted by Gasteiger charge is 2.23. The molecule has 0 unspecified atom stereocenters. The van der Waals surface area contributed by atoms with Gasteiger partial charge in [-0.3, -0.25) is 9.78 Å². The van der Waals surface area contributed by atoms with E-state index in [4.69, 9.17) is 5.84 Å². The summed E-state index contributed by atoms with van der Waals surface area (Å²) in [7, 11) is 0. The van der Waals surface area contributed by atoms with Gasteiger partial charge in [-0.25, -0.2) is 4.68 Å². The van der Waals surface area contributed by atoms with Crippen molar-refractivity contribution in [2.75, 3.05) is 11.6 Å². The van der Waals surface area contributed by atoms with Gasteiger partial charge in [0.25, 0.3) is 0 Å². The minimum absolute atomic E-state index is 0.00317. The van der Waals surface area contributed by atoms with Crippen LogP contribution in [0.25, 0.3) is 11.4 Å². The zero-order valence-corrected chi connectivity index (χ0v) is 11.5. The molecular formula is C12H14N6OS. The van der Waals surface area contributed by atoms with Crippen LogP contribution in [0.2, 0.25) is 0 Å². The quantitative estimate of drug-likeness (QED) is 0.612. The number of pyridine rings is 1. The molecule has 0 aliphatic heterocycles. The fourth-order valence-corrected chi connectivity index (χ4v) is 2.36. The molecule has 0 radical (unpaired) electrons. The van der Waals surface area contributed by atoms with Gasteiger partial charge in [-0.05, 0) is 25.0 Å². The molecule has 3 rings (SSSR count). The predicted octanol–water partition coefficient (Wildman–Crippen LogP) is 0.425. The number of amides is 1. The molecule has 1 amide bonds. The third-order valence-corrected chi connectivity index (χ3v) is 3.80. The maximum Gasteiger partial charge on any atom is 0.230 e. The van der Waals surface area contributed by atoms with E-state index in [-0.39, 0.29) is 5.91 Å². The third kappa shape index (κ3) is 2.90. The Morgan fingerprint density at radius 2 is 2.35 bits per heavy atom. The Balaban J connectivity index is 1.65. The first-order valence-electron chi connectivity index (χ1n) is 6.27. The van der Waals surface area contributed by atoms with Crippen LogP contribution in [0.1, 0.15) is 12.8 Å². The minimum atomic E-state index is 0.00317. The van der Waals surface area contributed by atoms with Crippen LogP contribution < -0.4 is 11.2 Å². The highest BCUT2D eigenvalue weighted by molar-refractivity contribution is 7.99. The van der Waals surface area contributed by atoms with E-state index in [1.54, 1.807) is 18.5 Å². The number of nitrogens with two attached hydrogens (primary N) is 1. The van der Waals surface area contributed by atoms with Crippen LogP contribution in [0.4, 0.5) is 0 Å². The molecule has 0 atom stereocenters. The summed E-state index contributed by atoms with van der Waals surface area (Å²) in [5, 5.41) is 11.5. The number of hydrogen-bond acceptors (Lipinski definition) is 6. The molecule has 1 fully saturated rings. The smallest absolute Gasteiger partial charge is 0.230 e. The van der Waals surface area contributed by atoms with E-state index in [1.165, 1.54) is 16.4 Å². The number of nitrogen functional groups attached to an aromatic ring is 1. The first-order valence-corrected chi connectivity index (χ1v) is 7.25. The molecule has 2 aromatic heterocycles. The normalized spacial score (nSPS) is 14.2. The van der Waals surface area contributed by atoms with Gasteiger partial charge in [0.05, 0.1) is 5.75 Å². The summed E-state index contributed by atoms with van der Waals surface area (Å²) < 4.78 is 1.38.